The largest absolute Gasteiger partial charge is 0.463 e. The number of nitrogens with zero attached hydrogens (tertiary/aromatic N) is 3. The van der Waals surface area contributed by atoms with Gasteiger partial charge in [-0.05, 0) is 32.4 Å². The molecule has 8 nitrogen and oxygen atoms in total. The number of ether oxygens (including phenoxy) is 4. The van der Waals surface area contributed by atoms with E-state index >= 15 is 0 Å². The molecule has 20 heavy (non-hydrogen) atoms. The number of rotatable bonds is 4. The maximum Gasteiger partial charge on any atom is 0.330 e. The Bertz CT molecular complexity index is 458. The van der Waals surface area contributed by atoms with Crippen LogP contribution < -0.4 is 0 Å². The first kappa shape index (κ1) is 14.8. The van der Waals surface area contributed by atoms with Crippen molar-refractivity contribution >= 4 is 5.97 Å². The summed E-state index contributed by atoms with van der Waals surface area (Å²) in [6.07, 6.45) is 1.06. The zero-order valence-electron chi connectivity index (χ0n) is 11.6. The Kier molecular flexibility index (Phi) is 4.29. The molecule has 0 aromatic rings. The van der Waals surface area contributed by atoms with E-state index in [-0.39, 0.29) is 0 Å². The smallest absolute Gasteiger partial charge is 0.330 e. The van der Waals surface area contributed by atoms with Gasteiger partial charge in [0.1, 0.15) is 6.10 Å². The van der Waals surface area contributed by atoms with E-state index in [0.29, 0.717) is 6.61 Å². The van der Waals surface area contributed by atoms with Crippen LogP contribution in [-0.4, -0.2) is 42.9 Å². The van der Waals surface area contributed by atoms with E-state index in [0.717, 1.165) is 0 Å². The summed E-state index contributed by atoms with van der Waals surface area (Å²) in [5.74, 6) is -1.26. The Labute approximate surface area is 116 Å². The van der Waals surface area contributed by atoms with Crippen molar-refractivity contribution in [1.82, 2.24) is 0 Å². The van der Waals surface area contributed by atoms with Crippen molar-refractivity contribution in [2.75, 3.05) is 6.61 Å². The molecule has 0 bridgehead atoms. The molecule has 0 aromatic heterocycles. The van der Waals surface area contributed by atoms with Crippen LogP contribution in [0.2, 0.25) is 0 Å². The Hall–Kier alpha value is -1.60. The third kappa shape index (κ3) is 3.10. The zero-order valence-corrected chi connectivity index (χ0v) is 11.6. The van der Waals surface area contributed by atoms with Gasteiger partial charge in [-0.15, -0.1) is 0 Å². The number of carbonyl (C=O) groups is 1. The van der Waals surface area contributed by atoms with Gasteiger partial charge in [0, 0.05) is 11.0 Å². The molecule has 0 aromatic carbocycles. The maximum absolute atomic E-state index is 11.3. The highest BCUT2D eigenvalue weighted by Crippen LogP contribution is 2.39. The maximum atomic E-state index is 11.3. The summed E-state index contributed by atoms with van der Waals surface area (Å²) >= 11 is 0. The van der Waals surface area contributed by atoms with Gasteiger partial charge >= 0.3 is 5.97 Å². The minimum atomic E-state index is -0.783. The van der Waals surface area contributed by atoms with Gasteiger partial charge in [0.05, 0.1) is 18.8 Å². The molecule has 2 heterocycles. The monoisotopic (exact) mass is 283 g/mol. The van der Waals surface area contributed by atoms with Crippen molar-refractivity contribution in [2.45, 2.75) is 51.1 Å². The molecule has 2 saturated heterocycles. The molecule has 2 aliphatic heterocycles. The third-order valence-electron chi connectivity index (χ3n) is 2.95. The molecule has 0 aliphatic carbocycles. The molecular weight excluding hydrogens is 266 g/mol. The fourth-order valence-electron chi connectivity index (χ4n) is 2.23. The Morgan fingerprint density at radius 3 is 2.90 bits per heavy atom. The van der Waals surface area contributed by atoms with Crippen molar-refractivity contribution < 1.29 is 23.7 Å². The Morgan fingerprint density at radius 2 is 2.25 bits per heavy atom. The lowest BCUT2D eigenvalue weighted by Gasteiger charge is -2.21. The van der Waals surface area contributed by atoms with Gasteiger partial charge < -0.3 is 18.9 Å². The molecule has 0 saturated carbocycles. The molecule has 0 unspecified atom stereocenters. The van der Waals surface area contributed by atoms with Gasteiger partial charge in [0.15, 0.2) is 12.1 Å². The average molecular weight is 283 g/mol. The number of fused-ring (bicyclic) bond motifs is 1. The molecule has 0 spiro atoms. The lowest BCUT2D eigenvalue weighted by Crippen LogP contribution is -2.32. The zero-order chi connectivity index (χ0) is 14.8. The number of hydrogen-bond acceptors (Lipinski definition) is 6. The highest BCUT2D eigenvalue weighted by Gasteiger charge is 2.53. The van der Waals surface area contributed by atoms with E-state index in [4.69, 9.17) is 24.5 Å². The Morgan fingerprint density at radius 1 is 1.50 bits per heavy atom. The third-order valence-corrected chi connectivity index (χ3v) is 2.95. The minimum Gasteiger partial charge on any atom is -0.463 e. The predicted molar refractivity (Wildman–Crippen MR) is 67.4 cm³/mol. The SMILES string of the molecule is CCOC(=O)/C=C/[C@H]1O[C@@H]2OC(C)(C)O[C@@H]2[C@H]1N=[N+]=[N-]. The second kappa shape index (κ2) is 5.80. The molecule has 2 rings (SSSR count). The van der Waals surface area contributed by atoms with Crippen molar-refractivity contribution in [3.05, 3.63) is 22.6 Å². The highest BCUT2D eigenvalue weighted by molar-refractivity contribution is 5.82. The number of esters is 1. The molecule has 0 amide bonds. The summed E-state index contributed by atoms with van der Waals surface area (Å²) in [5.41, 5.74) is 8.65. The molecular formula is C12H17N3O5. The summed E-state index contributed by atoms with van der Waals surface area (Å²) in [7, 11) is 0. The van der Waals surface area contributed by atoms with Gasteiger partial charge in [-0.25, -0.2) is 4.79 Å². The number of hydrogen-bond donors (Lipinski definition) is 0. The summed E-state index contributed by atoms with van der Waals surface area (Å²) < 4.78 is 21.6. The molecule has 2 fully saturated rings. The molecule has 8 heteroatoms. The van der Waals surface area contributed by atoms with Crippen LogP contribution in [-0.2, 0) is 23.7 Å². The first-order valence-electron chi connectivity index (χ1n) is 6.37. The van der Waals surface area contributed by atoms with Gasteiger partial charge in [-0.2, -0.15) is 0 Å². The summed E-state index contributed by atoms with van der Waals surface area (Å²) in [6.45, 7) is 5.52. The summed E-state index contributed by atoms with van der Waals surface area (Å²) in [6, 6.07) is -0.586. The highest BCUT2D eigenvalue weighted by atomic mass is 16.8. The van der Waals surface area contributed by atoms with Crippen LogP contribution in [0.4, 0.5) is 0 Å². The van der Waals surface area contributed by atoms with Gasteiger partial charge in [0.25, 0.3) is 0 Å². The summed E-state index contributed by atoms with van der Waals surface area (Å²) in [5, 5.41) is 3.68. The molecule has 110 valence electrons. The van der Waals surface area contributed by atoms with E-state index in [1.807, 2.05) is 0 Å². The van der Waals surface area contributed by atoms with Gasteiger partial charge in [-0.3, -0.25) is 0 Å². The molecule has 0 radical (unpaired) electrons. The van der Waals surface area contributed by atoms with Crippen molar-refractivity contribution in [3.63, 3.8) is 0 Å². The van der Waals surface area contributed by atoms with Crippen molar-refractivity contribution in [2.24, 2.45) is 5.11 Å². The van der Waals surface area contributed by atoms with Crippen LogP contribution in [0.25, 0.3) is 10.4 Å². The second-order valence-electron chi connectivity index (χ2n) is 4.88. The van der Waals surface area contributed by atoms with Crippen LogP contribution in [0, 0.1) is 0 Å². The quantitative estimate of drug-likeness (QED) is 0.256. The fraction of sp³-hybridized carbons (Fsp3) is 0.750. The van der Waals surface area contributed by atoms with Gasteiger partial charge in [-0.1, -0.05) is 5.11 Å². The topological polar surface area (TPSA) is 103 Å². The standard InChI is InChI=1S/C12H17N3O5/c1-4-17-8(16)6-5-7-9(14-15-13)10-11(18-7)20-12(2,3)19-10/h5-7,9-11H,4H2,1-3H3/b6-5+/t7-,9+,10-,11-/m1/s1. The van der Waals surface area contributed by atoms with E-state index in [1.54, 1.807) is 20.8 Å². The van der Waals surface area contributed by atoms with E-state index in [1.165, 1.54) is 12.2 Å². The predicted octanol–water partition coefficient (Wildman–Crippen LogP) is 1.66. The second-order valence-corrected chi connectivity index (χ2v) is 4.88. The van der Waals surface area contributed by atoms with Gasteiger partial charge in [0.2, 0.25) is 0 Å². The normalized spacial score (nSPS) is 34.8. The number of azide groups is 1. The molecule has 0 N–H and O–H groups in total. The van der Waals surface area contributed by atoms with E-state index in [9.17, 15) is 4.79 Å². The van der Waals surface area contributed by atoms with Crippen LogP contribution in [0.1, 0.15) is 20.8 Å². The van der Waals surface area contributed by atoms with Crippen LogP contribution in [0.5, 0.6) is 0 Å². The average Bonchev–Trinajstić information content (AvgIpc) is 2.81. The first-order chi connectivity index (χ1) is 9.46. The Balaban J connectivity index is 2.08. The molecule has 4 atom stereocenters. The van der Waals surface area contributed by atoms with Crippen molar-refractivity contribution in [1.29, 1.82) is 0 Å². The van der Waals surface area contributed by atoms with Crippen molar-refractivity contribution in [3.8, 4) is 0 Å². The number of carbonyl (C=O) groups excluding carboxylic acids is 1. The fourth-order valence-corrected chi connectivity index (χ4v) is 2.23. The first-order valence-corrected chi connectivity index (χ1v) is 6.37. The van der Waals surface area contributed by atoms with Crippen LogP contribution >= 0.6 is 0 Å². The summed E-state index contributed by atoms with van der Waals surface area (Å²) in [4.78, 5) is 14.1. The van der Waals surface area contributed by atoms with Crippen LogP contribution in [0.15, 0.2) is 17.3 Å². The lowest BCUT2D eigenvalue weighted by atomic mass is 10.1. The van der Waals surface area contributed by atoms with Crippen LogP contribution in [0.3, 0.4) is 0 Å². The lowest BCUT2D eigenvalue weighted by molar-refractivity contribution is -0.201. The molecule has 2 aliphatic rings. The van der Waals surface area contributed by atoms with E-state index < -0.39 is 36.3 Å². The van der Waals surface area contributed by atoms with E-state index in [2.05, 4.69) is 10.0 Å². The minimum absolute atomic E-state index is 0.292.